The lowest BCUT2D eigenvalue weighted by atomic mass is 9.93. The third-order valence-electron chi connectivity index (χ3n) is 10.4. The lowest BCUT2D eigenvalue weighted by Gasteiger charge is -2.21. The highest BCUT2D eigenvalue weighted by Crippen LogP contribution is 2.36. The molecule has 13 heteroatoms. The molecule has 1 atom stereocenters. The van der Waals surface area contributed by atoms with Crippen LogP contribution < -0.4 is 21.1 Å². The first kappa shape index (κ1) is 35.9. The van der Waals surface area contributed by atoms with Crippen LogP contribution in [0.5, 0.6) is 5.75 Å². The molecule has 3 aromatic carbocycles. The van der Waals surface area contributed by atoms with Crippen LogP contribution in [0.25, 0.3) is 55.1 Å². The first-order chi connectivity index (χ1) is 27.0. The van der Waals surface area contributed by atoms with Crippen molar-refractivity contribution < 1.29 is 19.1 Å². The fraction of sp³-hybridized carbons (Fsp3) is 0.233. The Morgan fingerprint density at radius 3 is 2.54 bits per heavy atom. The van der Waals surface area contributed by atoms with Crippen LogP contribution >= 0.6 is 0 Å². The Labute approximate surface area is 321 Å². The van der Waals surface area contributed by atoms with Crippen molar-refractivity contribution in [1.29, 1.82) is 0 Å². The van der Waals surface area contributed by atoms with Crippen molar-refractivity contribution in [2.45, 2.75) is 38.6 Å². The van der Waals surface area contributed by atoms with Gasteiger partial charge in [-0.05, 0) is 76.9 Å². The van der Waals surface area contributed by atoms with Crippen LogP contribution in [0.4, 0.5) is 0 Å². The van der Waals surface area contributed by atoms with Crippen molar-refractivity contribution in [1.82, 2.24) is 39.5 Å². The van der Waals surface area contributed by atoms with Gasteiger partial charge in [-0.3, -0.25) is 43.5 Å². The molecule has 13 nitrogen and oxygen atoms in total. The molecule has 0 radical (unpaired) electrons. The maximum Gasteiger partial charge on any atom is 0.328 e. The molecule has 4 aromatic heterocycles. The molecule has 1 aliphatic rings. The quantitative estimate of drug-likeness (QED) is 0.163. The summed E-state index contributed by atoms with van der Waals surface area (Å²) in [5, 5.41) is 12.3. The Morgan fingerprint density at radius 1 is 0.946 bits per heavy atom. The van der Waals surface area contributed by atoms with Crippen molar-refractivity contribution in [3.05, 3.63) is 107 Å². The molecule has 8 rings (SSSR count). The Balaban J connectivity index is 0.984. The molecular weight excluding hydrogens is 709 g/mol. The molecule has 1 saturated heterocycles. The Kier molecular flexibility index (Phi) is 9.17. The number of hydrogen-bond acceptors (Lipinski definition) is 8. The predicted molar refractivity (Wildman–Crippen MR) is 213 cm³/mol. The summed E-state index contributed by atoms with van der Waals surface area (Å²) in [5.41, 5.74) is 7.87. The highest BCUT2D eigenvalue weighted by molar-refractivity contribution is 6.01. The molecule has 7 aromatic rings. The summed E-state index contributed by atoms with van der Waals surface area (Å²) in [4.78, 5) is 59.2. The number of hydrogen-bond donors (Lipinski definition) is 2. The van der Waals surface area contributed by atoms with Gasteiger partial charge in [-0.1, -0.05) is 43.9 Å². The van der Waals surface area contributed by atoms with Crippen LogP contribution in [0, 0.1) is 11.8 Å². The second-order valence-electron chi connectivity index (χ2n) is 14.2. The minimum atomic E-state index is -0.610. The van der Waals surface area contributed by atoms with E-state index in [1.54, 1.807) is 58.6 Å². The van der Waals surface area contributed by atoms with E-state index in [0.717, 1.165) is 49.4 Å². The number of piperidine rings is 1. The van der Waals surface area contributed by atoms with Gasteiger partial charge in [-0.2, -0.15) is 5.10 Å². The van der Waals surface area contributed by atoms with Crippen LogP contribution in [0.1, 0.15) is 60.3 Å². The number of nitrogens with zero attached hydrogens (tertiary/aromatic N) is 6. The zero-order valence-corrected chi connectivity index (χ0v) is 31.5. The lowest BCUT2D eigenvalue weighted by Crippen LogP contribution is -2.42. The van der Waals surface area contributed by atoms with Crippen LogP contribution in [0.15, 0.2) is 84.0 Å². The maximum atomic E-state index is 13.0. The minimum Gasteiger partial charge on any atom is -0.495 e. The summed E-state index contributed by atoms with van der Waals surface area (Å²) in [5.74, 6) is 5.70. The number of amides is 3. The molecule has 56 heavy (non-hydrogen) atoms. The fourth-order valence-electron chi connectivity index (χ4n) is 7.40. The topological polar surface area (TPSA) is 155 Å². The van der Waals surface area contributed by atoms with E-state index in [-0.39, 0.29) is 42.1 Å². The van der Waals surface area contributed by atoms with E-state index >= 15 is 0 Å². The van der Waals surface area contributed by atoms with E-state index < -0.39 is 11.9 Å². The van der Waals surface area contributed by atoms with Gasteiger partial charge in [0.15, 0.2) is 0 Å². The Hall–Kier alpha value is -7.07. The summed E-state index contributed by atoms with van der Waals surface area (Å²) in [7, 11) is 5.16. The van der Waals surface area contributed by atoms with Gasteiger partial charge in [-0.15, -0.1) is 0 Å². The number of nitrogens with one attached hydrogen (secondary N) is 2. The molecule has 0 aliphatic carbocycles. The molecule has 0 saturated carbocycles. The van der Waals surface area contributed by atoms with Gasteiger partial charge >= 0.3 is 5.69 Å². The monoisotopic (exact) mass is 746 g/mol. The highest BCUT2D eigenvalue weighted by Gasteiger charge is 2.30. The van der Waals surface area contributed by atoms with Crippen LogP contribution in [-0.2, 0) is 23.7 Å². The van der Waals surface area contributed by atoms with E-state index in [1.165, 1.54) is 0 Å². The first-order valence-corrected chi connectivity index (χ1v) is 18.2. The SMILES string of the molecule is COc1cc2cnn(C3CCC(=O)NC3=O)c2cc1C#CCNC(=O)c1ccc(-c2cc3cccc(-c4cc(C(C)C)c5c(c4)n(C)c(=O)n5C)c3cn2)cn1. The standard InChI is InChI=1S/C43H38N8O5/c1-24(2)31-16-28(19-37-40(31)50(4)43(55)49(37)3)30-10-6-8-25-17-34(46-23-32(25)30)27-11-12-33(45-21-27)41(53)44-15-7-9-26-18-36-29(20-38(26)56-5)22-47-51(36)35-13-14-39(52)48-42(35)54/h6,8,10-12,16-24,35H,13-15H2,1-5H3,(H,44,53)(H,48,52,54). The predicted octanol–water partition coefficient (Wildman–Crippen LogP) is 5.40. The molecule has 2 N–H and O–H groups in total. The molecule has 0 spiro atoms. The van der Waals surface area contributed by atoms with Gasteiger partial charge in [0.05, 0.1) is 47.7 Å². The number of methoxy groups -OCH3 is 1. The number of carbonyl (C=O) groups excluding carboxylic acids is 3. The Morgan fingerprint density at radius 2 is 1.79 bits per heavy atom. The number of aromatic nitrogens is 6. The van der Waals surface area contributed by atoms with Gasteiger partial charge in [0.25, 0.3) is 11.8 Å². The van der Waals surface area contributed by atoms with Gasteiger partial charge in [0.1, 0.15) is 17.5 Å². The number of aryl methyl sites for hydroxylation is 2. The van der Waals surface area contributed by atoms with Gasteiger partial charge < -0.3 is 10.1 Å². The number of ether oxygens (including phenoxy) is 1. The molecule has 280 valence electrons. The number of imidazole rings is 1. The number of pyridine rings is 2. The number of rotatable bonds is 7. The number of fused-ring (bicyclic) bond motifs is 3. The number of benzene rings is 3. The largest absolute Gasteiger partial charge is 0.495 e. The van der Waals surface area contributed by atoms with Gasteiger partial charge in [-0.25, -0.2) is 4.79 Å². The third kappa shape index (κ3) is 6.34. The van der Waals surface area contributed by atoms with Crippen molar-refractivity contribution in [2.24, 2.45) is 14.1 Å². The summed E-state index contributed by atoms with van der Waals surface area (Å²) in [6.45, 7) is 4.32. The van der Waals surface area contributed by atoms with Gasteiger partial charge in [0, 0.05) is 49.2 Å². The summed E-state index contributed by atoms with van der Waals surface area (Å²) >= 11 is 0. The normalized spacial score (nSPS) is 14.3. The average Bonchev–Trinajstić information content (AvgIpc) is 3.71. The van der Waals surface area contributed by atoms with Crippen molar-refractivity contribution >= 4 is 50.4 Å². The second kappa shape index (κ2) is 14.3. The van der Waals surface area contributed by atoms with Crippen LogP contribution in [0.2, 0.25) is 0 Å². The Bertz CT molecular complexity index is 2870. The smallest absolute Gasteiger partial charge is 0.328 e. The van der Waals surface area contributed by atoms with Crippen molar-refractivity contribution in [3.8, 4) is 40.0 Å². The van der Waals surface area contributed by atoms with Crippen LogP contribution in [0.3, 0.4) is 0 Å². The zero-order valence-electron chi connectivity index (χ0n) is 31.5. The maximum absolute atomic E-state index is 13.0. The fourth-order valence-corrected chi connectivity index (χ4v) is 7.40. The summed E-state index contributed by atoms with van der Waals surface area (Å²) in [6, 6.07) is 18.8. The molecule has 5 heterocycles. The molecule has 0 bridgehead atoms. The van der Waals surface area contributed by atoms with E-state index in [1.807, 2.05) is 37.5 Å². The van der Waals surface area contributed by atoms with Crippen molar-refractivity contribution in [3.63, 3.8) is 0 Å². The zero-order chi connectivity index (χ0) is 39.2. The third-order valence-corrected chi connectivity index (χ3v) is 10.4. The minimum absolute atomic E-state index is 0.0522. The van der Waals surface area contributed by atoms with Gasteiger partial charge in [0.2, 0.25) is 5.91 Å². The molecule has 1 unspecified atom stereocenters. The highest BCUT2D eigenvalue weighted by atomic mass is 16.5. The van der Waals surface area contributed by atoms with Crippen LogP contribution in [-0.4, -0.2) is 60.3 Å². The first-order valence-electron chi connectivity index (χ1n) is 18.2. The van der Waals surface area contributed by atoms with E-state index in [2.05, 4.69) is 64.6 Å². The average molecular weight is 747 g/mol. The van der Waals surface area contributed by atoms with E-state index in [0.29, 0.717) is 28.9 Å². The second-order valence-corrected chi connectivity index (χ2v) is 14.2. The summed E-state index contributed by atoms with van der Waals surface area (Å²) < 4.78 is 10.6. The number of imide groups is 1. The summed E-state index contributed by atoms with van der Waals surface area (Å²) in [6.07, 6.45) is 5.72. The lowest BCUT2D eigenvalue weighted by molar-refractivity contribution is -0.135. The van der Waals surface area contributed by atoms with E-state index in [9.17, 15) is 19.2 Å². The van der Waals surface area contributed by atoms with Crippen molar-refractivity contribution in [2.75, 3.05) is 13.7 Å². The molecule has 1 fully saturated rings. The number of carbonyl (C=O) groups is 3. The molecular formula is C43H38N8O5. The molecule has 1 aliphatic heterocycles. The van der Waals surface area contributed by atoms with E-state index in [4.69, 9.17) is 9.72 Å². The molecule has 3 amide bonds.